The Morgan fingerprint density at radius 2 is 2.29 bits per heavy atom. The molecule has 21 heavy (non-hydrogen) atoms. The monoisotopic (exact) mass is 308 g/mol. The van der Waals surface area contributed by atoms with Gasteiger partial charge in [-0.3, -0.25) is 0 Å². The first-order valence-electron chi connectivity index (χ1n) is 8.17. The van der Waals surface area contributed by atoms with E-state index in [0.29, 0.717) is 12.1 Å². The molecule has 2 aliphatic rings. The van der Waals surface area contributed by atoms with Crippen molar-refractivity contribution in [3.05, 3.63) is 28.8 Å². The fourth-order valence-corrected chi connectivity index (χ4v) is 3.80. The van der Waals surface area contributed by atoms with Gasteiger partial charge in [0.15, 0.2) is 0 Å². The first-order chi connectivity index (χ1) is 10.3. The summed E-state index contributed by atoms with van der Waals surface area (Å²) in [5.41, 5.74) is 2.65. The third-order valence-electron chi connectivity index (χ3n) is 4.58. The van der Waals surface area contributed by atoms with Gasteiger partial charge < -0.3 is 15.0 Å². The molecule has 0 radical (unpaired) electrons. The second-order valence-corrected chi connectivity index (χ2v) is 6.49. The molecule has 3 rings (SSSR count). The van der Waals surface area contributed by atoms with Gasteiger partial charge >= 0.3 is 0 Å². The van der Waals surface area contributed by atoms with Crippen LogP contribution in [0.1, 0.15) is 38.2 Å². The molecule has 1 aliphatic heterocycles. The Morgan fingerprint density at radius 1 is 1.38 bits per heavy atom. The van der Waals surface area contributed by atoms with Gasteiger partial charge in [0.1, 0.15) is 0 Å². The first kappa shape index (κ1) is 15.1. The number of rotatable bonds is 5. The van der Waals surface area contributed by atoms with E-state index >= 15 is 0 Å². The number of benzene rings is 1. The molecular weight excluding hydrogens is 284 g/mol. The van der Waals surface area contributed by atoms with Crippen LogP contribution in [0.25, 0.3) is 0 Å². The van der Waals surface area contributed by atoms with Crippen LogP contribution in [0, 0.1) is 0 Å². The van der Waals surface area contributed by atoms with Gasteiger partial charge in [-0.25, -0.2) is 0 Å². The van der Waals surface area contributed by atoms with Crippen molar-refractivity contribution in [3.63, 3.8) is 0 Å². The molecule has 0 bridgehead atoms. The SMILES string of the molecule is CCCNCc1cc(Cl)ccc1N1CCOC2CCCC21. The second-order valence-electron chi connectivity index (χ2n) is 6.05. The number of nitrogens with one attached hydrogen (secondary N) is 1. The molecule has 1 saturated heterocycles. The zero-order chi connectivity index (χ0) is 14.7. The van der Waals surface area contributed by atoms with Gasteiger partial charge in [0.05, 0.1) is 18.8 Å². The van der Waals surface area contributed by atoms with Crippen LogP contribution in [-0.2, 0) is 11.3 Å². The third kappa shape index (κ3) is 3.36. The summed E-state index contributed by atoms with van der Waals surface area (Å²) >= 11 is 6.21. The fraction of sp³-hybridized carbons (Fsp3) is 0.647. The lowest BCUT2D eigenvalue weighted by molar-refractivity contribution is 0.0256. The molecule has 1 aromatic carbocycles. The van der Waals surface area contributed by atoms with Crippen LogP contribution < -0.4 is 10.2 Å². The van der Waals surface area contributed by atoms with Gasteiger partial charge in [-0.1, -0.05) is 18.5 Å². The van der Waals surface area contributed by atoms with E-state index in [4.69, 9.17) is 16.3 Å². The van der Waals surface area contributed by atoms with Crippen LogP contribution in [0.2, 0.25) is 5.02 Å². The Balaban J connectivity index is 1.82. The Bertz CT molecular complexity index is 480. The van der Waals surface area contributed by atoms with Gasteiger partial charge in [-0.2, -0.15) is 0 Å². The molecule has 3 nitrogen and oxygen atoms in total. The third-order valence-corrected chi connectivity index (χ3v) is 4.81. The van der Waals surface area contributed by atoms with Crippen molar-refractivity contribution in [3.8, 4) is 0 Å². The second kappa shape index (κ2) is 6.99. The van der Waals surface area contributed by atoms with Crippen LogP contribution in [0.4, 0.5) is 5.69 Å². The summed E-state index contributed by atoms with van der Waals surface area (Å²) in [5.74, 6) is 0. The molecule has 1 N–H and O–H groups in total. The molecule has 0 spiro atoms. The lowest BCUT2D eigenvalue weighted by atomic mass is 10.1. The quantitative estimate of drug-likeness (QED) is 0.841. The van der Waals surface area contributed by atoms with Crippen molar-refractivity contribution in [2.45, 2.75) is 51.3 Å². The summed E-state index contributed by atoms with van der Waals surface area (Å²) in [7, 11) is 0. The maximum absolute atomic E-state index is 6.21. The molecule has 1 aromatic rings. The molecule has 1 saturated carbocycles. The van der Waals surface area contributed by atoms with E-state index in [0.717, 1.165) is 37.7 Å². The Morgan fingerprint density at radius 3 is 3.14 bits per heavy atom. The highest BCUT2D eigenvalue weighted by Crippen LogP contribution is 2.35. The van der Waals surface area contributed by atoms with Crippen LogP contribution in [0.3, 0.4) is 0 Å². The van der Waals surface area contributed by atoms with E-state index in [9.17, 15) is 0 Å². The van der Waals surface area contributed by atoms with Crippen molar-refractivity contribution in [1.29, 1.82) is 0 Å². The zero-order valence-corrected chi connectivity index (χ0v) is 13.5. The number of morpholine rings is 1. The van der Waals surface area contributed by atoms with E-state index in [1.807, 2.05) is 6.07 Å². The number of halogens is 1. The molecule has 1 heterocycles. The largest absolute Gasteiger partial charge is 0.374 e. The normalized spacial score (nSPS) is 25.1. The van der Waals surface area contributed by atoms with E-state index < -0.39 is 0 Å². The lowest BCUT2D eigenvalue weighted by Crippen LogP contribution is -2.49. The molecule has 1 aliphatic carbocycles. The van der Waals surface area contributed by atoms with Gasteiger partial charge in [-0.15, -0.1) is 0 Å². The maximum atomic E-state index is 6.21. The van der Waals surface area contributed by atoms with Gasteiger partial charge in [0, 0.05) is 23.8 Å². The first-order valence-corrected chi connectivity index (χ1v) is 8.54. The average molecular weight is 309 g/mol. The maximum Gasteiger partial charge on any atom is 0.0779 e. The molecule has 2 atom stereocenters. The van der Waals surface area contributed by atoms with E-state index in [1.165, 1.54) is 30.5 Å². The zero-order valence-electron chi connectivity index (χ0n) is 12.8. The van der Waals surface area contributed by atoms with Crippen LogP contribution in [0.5, 0.6) is 0 Å². The van der Waals surface area contributed by atoms with Crippen LogP contribution in [0.15, 0.2) is 18.2 Å². The number of ether oxygens (including phenoxy) is 1. The van der Waals surface area contributed by atoms with Crippen molar-refractivity contribution < 1.29 is 4.74 Å². The van der Waals surface area contributed by atoms with E-state index in [-0.39, 0.29) is 0 Å². The number of fused-ring (bicyclic) bond motifs is 1. The highest BCUT2D eigenvalue weighted by molar-refractivity contribution is 6.30. The smallest absolute Gasteiger partial charge is 0.0779 e. The number of nitrogens with zero attached hydrogens (tertiary/aromatic N) is 1. The van der Waals surface area contributed by atoms with Crippen LogP contribution >= 0.6 is 11.6 Å². The van der Waals surface area contributed by atoms with E-state index in [1.54, 1.807) is 0 Å². The molecule has 2 unspecified atom stereocenters. The summed E-state index contributed by atoms with van der Waals surface area (Å²) in [6, 6.07) is 6.86. The summed E-state index contributed by atoms with van der Waals surface area (Å²) < 4.78 is 5.93. The fourth-order valence-electron chi connectivity index (χ4n) is 3.60. The van der Waals surface area contributed by atoms with Crippen molar-refractivity contribution in [2.75, 3.05) is 24.6 Å². The predicted molar refractivity (Wildman–Crippen MR) is 88.2 cm³/mol. The van der Waals surface area contributed by atoms with Crippen LogP contribution in [-0.4, -0.2) is 31.8 Å². The average Bonchev–Trinajstić information content (AvgIpc) is 2.96. The van der Waals surface area contributed by atoms with Crippen molar-refractivity contribution in [1.82, 2.24) is 5.32 Å². The highest BCUT2D eigenvalue weighted by atomic mass is 35.5. The lowest BCUT2D eigenvalue weighted by Gasteiger charge is -2.40. The van der Waals surface area contributed by atoms with Crippen molar-refractivity contribution in [2.24, 2.45) is 0 Å². The standard InChI is InChI=1S/C17H25ClN2O/c1-2-8-19-12-13-11-14(18)6-7-15(13)20-9-10-21-17-5-3-4-16(17)20/h6-7,11,16-17,19H,2-5,8-10,12H2,1H3. The minimum atomic E-state index is 0.422. The molecule has 2 fully saturated rings. The summed E-state index contributed by atoms with van der Waals surface area (Å²) in [5, 5.41) is 4.32. The summed E-state index contributed by atoms with van der Waals surface area (Å²) in [4.78, 5) is 2.56. The predicted octanol–water partition coefficient (Wildman–Crippen LogP) is 3.60. The summed E-state index contributed by atoms with van der Waals surface area (Å²) in [6.45, 7) is 5.95. The highest BCUT2D eigenvalue weighted by Gasteiger charge is 2.36. The Hall–Kier alpha value is -0.770. The van der Waals surface area contributed by atoms with Gasteiger partial charge in [-0.05, 0) is 56.0 Å². The molecule has 0 amide bonds. The van der Waals surface area contributed by atoms with E-state index in [2.05, 4.69) is 29.3 Å². The Labute approximate surface area is 132 Å². The number of anilines is 1. The molecule has 4 heteroatoms. The topological polar surface area (TPSA) is 24.5 Å². The number of hydrogen-bond donors (Lipinski definition) is 1. The van der Waals surface area contributed by atoms with Gasteiger partial charge in [0.25, 0.3) is 0 Å². The molecule has 0 aromatic heterocycles. The minimum absolute atomic E-state index is 0.422. The molecule has 116 valence electrons. The summed E-state index contributed by atoms with van der Waals surface area (Å²) in [6.07, 6.45) is 5.31. The number of hydrogen-bond acceptors (Lipinski definition) is 3. The van der Waals surface area contributed by atoms with Crippen molar-refractivity contribution >= 4 is 17.3 Å². The minimum Gasteiger partial charge on any atom is -0.374 e. The molecular formula is C17H25ClN2O. The van der Waals surface area contributed by atoms with Gasteiger partial charge in [0.2, 0.25) is 0 Å². The Kier molecular flexibility index (Phi) is 5.04.